The highest BCUT2D eigenvalue weighted by Crippen LogP contribution is 2.37. The van der Waals surface area contributed by atoms with E-state index in [1.807, 2.05) is 24.3 Å². The van der Waals surface area contributed by atoms with Gasteiger partial charge in [-0.3, -0.25) is 14.5 Å². The van der Waals surface area contributed by atoms with Gasteiger partial charge in [-0.15, -0.1) is 0 Å². The van der Waals surface area contributed by atoms with Gasteiger partial charge in [-0.25, -0.2) is 4.79 Å². The van der Waals surface area contributed by atoms with Gasteiger partial charge in [-0.2, -0.15) is 0 Å². The van der Waals surface area contributed by atoms with E-state index in [0.717, 1.165) is 30.6 Å². The number of hydrogen-bond acceptors (Lipinski definition) is 3. The topological polar surface area (TPSA) is 78.5 Å². The molecule has 0 radical (unpaired) electrons. The molecule has 28 heavy (non-hydrogen) atoms. The minimum Gasteiger partial charge on any atom is -0.325 e. The minimum atomic E-state index is -0.805. The predicted octanol–water partition coefficient (Wildman–Crippen LogP) is 4.03. The van der Waals surface area contributed by atoms with Gasteiger partial charge in [0.25, 0.3) is 5.91 Å². The van der Waals surface area contributed by atoms with E-state index in [-0.39, 0.29) is 18.4 Å². The van der Waals surface area contributed by atoms with Gasteiger partial charge in [0, 0.05) is 5.69 Å². The van der Waals surface area contributed by atoms with Gasteiger partial charge in [0.15, 0.2) is 0 Å². The molecule has 2 fully saturated rings. The number of anilines is 1. The van der Waals surface area contributed by atoms with E-state index in [4.69, 9.17) is 0 Å². The van der Waals surface area contributed by atoms with Crippen LogP contribution < -0.4 is 10.6 Å². The van der Waals surface area contributed by atoms with E-state index in [9.17, 15) is 14.4 Å². The van der Waals surface area contributed by atoms with Crippen molar-refractivity contribution in [2.75, 3.05) is 11.9 Å². The maximum Gasteiger partial charge on any atom is 0.325 e. The Hall–Kier alpha value is -2.37. The monoisotopic (exact) mass is 385 g/mol. The molecule has 1 heterocycles. The smallest absolute Gasteiger partial charge is 0.325 e. The highest BCUT2D eigenvalue weighted by atomic mass is 16.2. The van der Waals surface area contributed by atoms with E-state index in [0.29, 0.717) is 30.4 Å². The van der Waals surface area contributed by atoms with Crippen LogP contribution in [-0.4, -0.2) is 34.8 Å². The lowest BCUT2D eigenvalue weighted by atomic mass is 9.75. The summed E-state index contributed by atoms with van der Waals surface area (Å²) < 4.78 is 0. The first-order valence-corrected chi connectivity index (χ1v) is 10.4. The summed E-state index contributed by atoms with van der Waals surface area (Å²) in [6.45, 7) is 6.20. The third kappa shape index (κ3) is 4.05. The molecule has 1 saturated heterocycles. The molecule has 6 heteroatoms. The molecular formula is C22H31N3O3. The molecule has 1 aromatic carbocycles. The van der Waals surface area contributed by atoms with Crippen molar-refractivity contribution < 1.29 is 14.4 Å². The largest absolute Gasteiger partial charge is 0.325 e. The van der Waals surface area contributed by atoms with E-state index in [1.165, 1.54) is 5.56 Å². The first-order valence-electron chi connectivity index (χ1n) is 10.4. The van der Waals surface area contributed by atoms with Crippen LogP contribution in [-0.2, 0) is 9.59 Å². The van der Waals surface area contributed by atoms with E-state index in [1.54, 1.807) is 0 Å². The third-order valence-electron chi connectivity index (χ3n) is 6.46. The molecule has 2 aliphatic rings. The zero-order valence-electron chi connectivity index (χ0n) is 17.1. The number of nitrogens with one attached hydrogen (secondary N) is 2. The van der Waals surface area contributed by atoms with E-state index in [2.05, 4.69) is 31.4 Å². The molecule has 2 N–H and O–H groups in total. The number of rotatable bonds is 6. The third-order valence-corrected chi connectivity index (χ3v) is 6.46. The fraction of sp³-hybridized carbons (Fsp3) is 0.591. The Labute approximate surface area is 167 Å². The maximum absolute atomic E-state index is 12.9. The maximum atomic E-state index is 12.9. The molecular weight excluding hydrogens is 354 g/mol. The molecule has 6 nitrogen and oxygen atoms in total. The summed E-state index contributed by atoms with van der Waals surface area (Å²) in [5, 5.41) is 5.66. The highest BCUT2D eigenvalue weighted by Gasteiger charge is 2.52. The zero-order chi connectivity index (χ0) is 20.3. The lowest BCUT2D eigenvalue weighted by molar-refractivity contribution is -0.135. The second kappa shape index (κ2) is 8.33. The van der Waals surface area contributed by atoms with Crippen molar-refractivity contribution in [3.8, 4) is 0 Å². The predicted molar refractivity (Wildman–Crippen MR) is 109 cm³/mol. The van der Waals surface area contributed by atoms with Crippen LogP contribution in [0.4, 0.5) is 10.5 Å². The summed E-state index contributed by atoms with van der Waals surface area (Å²) in [4.78, 5) is 38.7. The first kappa shape index (κ1) is 20.4. The van der Waals surface area contributed by atoms with Gasteiger partial charge < -0.3 is 10.6 Å². The summed E-state index contributed by atoms with van der Waals surface area (Å²) in [6.07, 6.45) is 5.34. The van der Waals surface area contributed by atoms with Gasteiger partial charge in [-0.05, 0) is 61.6 Å². The second-order valence-electron chi connectivity index (χ2n) is 8.23. The molecule has 1 atom stereocenters. The van der Waals surface area contributed by atoms with E-state index < -0.39 is 11.6 Å². The fourth-order valence-electron chi connectivity index (χ4n) is 4.21. The van der Waals surface area contributed by atoms with Crippen molar-refractivity contribution in [1.82, 2.24) is 10.2 Å². The molecule has 4 amide bonds. The number of nitrogens with zero attached hydrogens (tertiary/aromatic N) is 1. The quantitative estimate of drug-likeness (QED) is 0.726. The van der Waals surface area contributed by atoms with Crippen LogP contribution in [0.15, 0.2) is 24.3 Å². The number of carbonyl (C=O) groups is 3. The van der Waals surface area contributed by atoms with Crippen molar-refractivity contribution in [3.63, 3.8) is 0 Å². The lowest BCUT2D eigenvalue weighted by Gasteiger charge is -2.34. The Morgan fingerprint density at radius 1 is 1.21 bits per heavy atom. The Bertz CT molecular complexity index is 736. The van der Waals surface area contributed by atoms with Crippen LogP contribution >= 0.6 is 0 Å². The van der Waals surface area contributed by atoms with Crippen LogP contribution in [0.2, 0.25) is 0 Å². The molecule has 0 unspecified atom stereocenters. The fourth-order valence-corrected chi connectivity index (χ4v) is 4.21. The Morgan fingerprint density at radius 3 is 2.43 bits per heavy atom. The van der Waals surface area contributed by atoms with Crippen LogP contribution in [0.1, 0.15) is 70.8 Å². The first-order chi connectivity index (χ1) is 13.4. The molecule has 1 spiro atoms. The molecule has 1 aliphatic carbocycles. The average Bonchev–Trinajstić information content (AvgIpc) is 2.92. The summed E-state index contributed by atoms with van der Waals surface area (Å²) in [7, 11) is 0. The summed E-state index contributed by atoms with van der Waals surface area (Å²) in [6, 6.07) is 7.26. The Kier molecular flexibility index (Phi) is 6.06. The van der Waals surface area contributed by atoms with Crippen LogP contribution in [0.5, 0.6) is 0 Å². The van der Waals surface area contributed by atoms with Gasteiger partial charge >= 0.3 is 6.03 Å². The number of carbonyl (C=O) groups excluding carboxylic acids is 3. The molecule has 1 aliphatic heterocycles. The molecule has 1 aromatic rings. The number of benzene rings is 1. The van der Waals surface area contributed by atoms with Gasteiger partial charge in [-0.1, -0.05) is 39.3 Å². The second-order valence-corrected chi connectivity index (χ2v) is 8.23. The zero-order valence-corrected chi connectivity index (χ0v) is 17.1. The van der Waals surface area contributed by atoms with Gasteiger partial charge in [0.2, 0.25) is 5.91 Å². The van der Waals surface area contributed by atoms with Crippen molar-refractivity contribution >= 4 is 23.5 Å². The number of urea groups is 1. The molecule has 1 saturated carbocycles. The summed E-state index contributed by atoms with van der Waals surface area (Å²) in [5.74, 6) is 0.467. The average molecular weight is 386 g/mol. The van der Waals surface area contributed by atoms with E-state index >= 15 is 0 Å². The van der Waals surface area contributed by atoms with Gasteiger partial charge in [0.05, 0.1) is 0 Å². The number of hydrogen-bond donors (Lipinski definition) is 2. The SMILES string of the molecule is CCC1CCC2(CC1)NC(=O)N(CC(=O)Nc1ccc([C@H](C)CC)cc1)C2=O. The molecule has 3 rings (SSSR count). The molecule has 0 aromatic heterocycles. The van der Waals surface area contributed by atoms with Gasteiger partial charge in [0.1, 0.15) is 12.1 Å². The Balaban J connectivity index is 1.59. The van der Waals surface area contributed by atoms with Crippen molar-refractivity contribution in [3.05, 3.63) is 29.8 Å². The number of amides is 4. The van der Waals surface area contributed by atoms with Crippen molar-refractivity contribution in [2.24, 2.45) is 5.92 Å². The summed E-state index contributed by atoms with van der Waals surface area (Å²) >= 11 is 0. The Morgan fingerprint density at radius 2 is 1.86 bits per heavy atom. The normalized spacial score (nSPS) is 25.7. The number of imide groups is 1. The molecule has 0 bridgehead atoms. The summed E-state index contributed by atoms with van der Waals surface area (Å²) in [5.41, 5.74) is 1.09. The lowest BCUT2D eigenvalue weighted by Crippen LogP contribution is -2.49. The standard InChI is InChI=1S/C22H31N3O3/c1-4-15(3)17-6-8-18(9-7-17)23-19(26)14-25-20(27)22(24-21(25)28)12-10-16(5-2)11-13-22/h6-9,15-16H,4-5,10-14H2,1-3H3,(H,23,26)(H,24,28)/t15-,16?,22?/m1/s1. The van der Waals surface area contributed by atoms with Crippen LogP contribution in [0.25, 0.3) is 0 Å². The minimum absolute atomic E-state index is 0.253. The van der Waals surface area contributed by atoms with Crippen LogP contribution in [0.3, 0.4) is 0 Å². The van der Waals surface area contributed by atoms with Crippen molar-refractivity contribution in [1.29, 1.82) is 0 Å². The highest BCUT2D eigenvalue weighted by molar-refractivity contribution is 6.10. The van der Waals surface area contributed by atoms with Crippen LogP contribution in [0, 0.1) is 5.92 Å². The van der Waals surface area contributed by atoms with Crippen molar-refractivity contribution in [2.45, 2.75) is 70.8 Å². The molecule has 152 valence electrons.